The Morgan fingerprint density at radius 2 is 1.67 bits per heavy atom. The highest BCUT2D eigenvalue weighted by atomic mass is 35.5. The van der Waals surface area contributed by atoms with Crippen molar-refractivity contribution < 1.29 is 19.1 Å². The lowest BCUT2D eigenvalue weighted by Crippen LogP contribution is -2.31. The lowest BCUT2D eigenvalue weighted by atomic mass is 10.0. The first kappa shape index (κ1) is 19.8. The molecule has 0 aromatic heterocycles. The van der Waals surface area contributed by atoms with Crippen LogP contribution in [0.5, 0.6) is 11.5 Å². The Balaban J connectivity index is 1.49. The quantitative estimate of drug-likeness (QED) is 0.610. The van der Waals surface area contributed by atoms with Gasteiger partial charge in [-0.3, -0.25) is 9.59 Å². The highest BCUT2D eigenvalue weighted by Gasteiger charge is 2.21. The smallest absolute Gasteiger partial charge is 0.253 e. The van der Waals surface area contributed by atoms with Crippen molar-refractivity contribution in [2.75, 3.05) is 12.1 Å². The van der Waals surface area contributed by atoms with E-state index in [1.165, 1.54) is 0 Å². The molecule has 0 fully saturated rings. The molecular weight excluding hydrogens is 404 g/mol. The normalized spacial score (nSPS) is 12.8. The Hall–Kier alpha value is -3.51. The minimum atomic E-state index is -0.524. The molecule has 152 valence electrons. The van der Waals surface area contributed by atoms with E-state index in [1.807, 2.05) is 30.3 Å². The zero-order valence-corrected chi connectivity index (χ0v) is 16.7. The van der Waals surface area contributed by atoms with Crippen molar-refractivity contribution in [3.63, 3.8) is 0 Å². The van der Waals surface area contributed by atoms with Gasteiger partial charge in [0.15, 0.2) is 11.5 Å². The van der Waals surface area contributed by atoms with E-state index in [9.17, 15) is 9.59 Å². The van der Waals surface area contributed by atoms with Crippen molar-refractivity contribution in [3.05, 3.63) is 88.9 Å². The lowest BCUT2D eigenvalue weighted by molar-refractivity contribution is -0.116. The molecule has 0 bridgehead atoms. The molecule has 7 heteroatoms. The molecule has 1 heterocycles. The van der Waals surface area contributed by atoms with Gasteiger partial charge in [0, 0.05) is 11.8 Å². The summed E-state index contributed by atoms with van der Waals surface area (Å²) in [6.07, 6.45) is 0.0502. The fraction of sp³-hybridized carbons (Fsp3) is 0.130. The second kappa shape index (κ2) is 8.88. The third kappa shape index (κ3) is 4.55. The summed E-state index contributed by atoms with van der Waals surface area (Å²) in [5.74, 6) is 0.633. The summed E-state index contributed by atoms with van der Waals surface area (Å²) in [5.41, 5.74) is 1.77. The second-order valence-corrected chi connectivity index (χ2v) is 7.14. The van der Waals surface area contributed by atoms with Crippen molar-refractivity contribution in [3.8, 4) is 11.5 Å². The third-order valence-electron chi connectivity index (χ3n) is 4.67. The van der Waals surface area contributed by atoms with Crippen molar-refractivity contribution in [1.82, 2.24) is 5.32 Å². The van der Waals surface area contributed by atoms with Gasteiger partial charge in [-0.1, -0.05) is 54.1 Å². The summed E-state index contributed by atoms with van der Waals surface area (Å²) in [7, 11) is 0. The van der Waals surface area contributed by atoms with Gasteiger partial charge in [0.2, 0.25) is 12.7 Å². The van der Waals surface area contributed by atoms with Crippen LogP contribution in [0.1, 0.15) is 28.4 Å². The molecule has 0 saturated heterocycles. The molecule has 0 unspecified atom stereocenters. The van der Waals surface area contributed by atoms with Gasteiger partial charge in [-0.15, -0.1) is 0 Å². The van der Waals surface area contributed by atoms with E-state index >= 15 is 0 Å². The van der Waals surface area contributed by atoms with Gasteiger partial charge in [-0.25, -0.2) is 0 Å². The largest absolute Gasteiger partial charge is 0.454 e. The van der Waals surface area contributed by atoms with E-state index in [2.05, 4.69) is 10.6 Å². The summed E-state index contributed by atoms with van der Waals surface area (Å²) in [6.45, 7) is 0.164. The Morgan fingerprint density at radius 3 is 2.47 bits per heavy atom. The molecule has 1 aliphatic heterocycles. The number of hydrogen-bond acceptors (Lipinski definition) is 4. The second-order valence-electron chi connectivity index (χ2n) is 6.74. The maximum absolute atomic E-state index is 12.8. The highest BCUT2D eigenvalue weighted by molar-refractivity contribution is 6.33. The van der Waals surface area contributed by atoms with Crippen LogP contribution in [0.25, 0.3) is 0 Å². The van der Waals surface area contributed by atoms with Gasteiger partial charge in [0.05, 0.1) is 23.0 Å². The predicted octanol–water partition coefficient (Wildman–Crippen LogP) is 4.57. The number of anilines is 1. The molecule has 2 N–H and O–H groups in total. The first-order valence-electron chi connectivity index (χ1n) is 9.40. The van der Waals surface area contributed by atoms with E-state index in [0.29, 0.717) is 27.8 Å². The molecule has 4 rings (SSSR count). The van der Waals surface area contributed by atoms with E-state index < -0.39 is 6.04 Å². The summed E-state index contributed by atoms with van der Waals surface area (Å²) in [4.78, 5) is 25.5. The van der Waals surface area contributed by atoms with E-state index in [1.54, 1.807) is 42.5 Å². The van der Waals surface area contributed by atoms with Crippen LogP contribution in [0.4, 0.5) is 5.69 Å². The Labute approximate surface area is 178 Å². The maximum Gasteiger partial charge on any atom is 0.253 e. The Morgan fingerprint density at radius 1 is 0.933 bits per heavy atom. The fourth-order valence-corrected chi connectivity index (χ4v) is 3.41. The SMILES string of the molecule is O=C(C[C@@H](NC(=O)c1ccccc1Cl)c1ccccc1)Nc1ccc2c(c1)OCO2. The van der Waals surface area contributed by atoms with Crippen LogP contribution < -0.4 is 20.1 Å². The Bertz CT molecular complexity index is 1070. The minimum Gasteiger partial charge on any atom is -0.454 e. The molecule has 1 aliphatic rings. The van der Waals surface area contributed by atoms with Crippen LogP contribution >= 0.6 is 11.6 Å². The van der Waals surface area contributed by atoms with E-state index in [0.717, 1.165) is 5.56 Å². The van der Waals surface area contributed by atoms with Gasteiger partial charge in [-0.05, 0) is 29.8 Å². The van der Waals surface area contributed by atoms with Crippen LogP contribution in [-0.4, -0.2) is 18.6 Å². The van der Waals surface area contributed by atoms with Crippen molar-refractivity contribution in [2.45, 2.75) is 12.5 Å². The first-order valence-corrected chi connectivity index (χ1v) is 9.78. The first-order chi connectivity index (χ1) is 14.6. The average Bonchev–Trinajstić information content (AvgIpc) is 3.22. The number of benzene rings is 3. The number of nitrogens with one attached hydrogen (secondary N) is 2. The molecule has 3 aromatic rings. The zero-order valence-electron chi connectivity index (χ0n) is 15.9. The van der Waals surface area contributed by atoms with Crippen LogP contribution in [0, 0.1) is 0 Å². The maximum atomic E-state index is 12.8. The van der Waals surface area contributed by atoms with Crippen molar-refractivity contribution in [2.24, 2.45) is 0 Å². The standard InChI is InChI=1S/C23H19ClN2O4/c24-18-9-5-4-8-17(18)23(28)26-19(15-6-2-1-3-7-15)13-22(27)25-16-10-11-20-21(12-16)30-14-29-20/h1-12,19H,13-14H2,(H,25,27)(H,26,28)/t19-/m1/s1. The number of carbonyl (C=O) groups is 2. The fourth-order valence-electron chi connectivity index (χ4n) is 3.19. The van der Waals surface area contributed by atoms with Crippen LogP contribution in [0.3, 0.4) is 0 Å². The molecule has 3 aromatic carbocycles. The summed E-state index contributed by atoms with van der Waals surface area (Å²) in [6, 6.07) is 20.8. The molecule has 0 saturated carbocycles. The highest BCUT2D eigenvalue weighted by Crippen LogP contribution is 2.34. The Kier molecular flexibility index (Phi) is 5.86. The summed E-state index contributed by atoms with van der Waals surface area (Å²) >= 11 is 6.15. The topological polar surface area (TPSA) is 76.7 Å². The number of hydrogen-bond donors (Lipinski definition) is 2. The molecule has 0 radical (unpaired) electrons. The third-order valence-corrected chi connectivity index (χ3v) is 5.00. The van der Waals surface area contributed by atoms with Crippen LogP contribution in [0.2, 0.25) is 5.02 Å². The molecule has 30 heavy (non-hydrogen) atoms. The van der Waals surface area contributed by atoms with Gasteiger partial charge >= 0.3 is 0 Å². The number of carbonyl (C=O) groups excluding carboxylic acids is 2. The number of amides is 2. The van der Waals surface area contributed by atoms with Crippen LogP contribution in [-0.2, 0) is 4.79 Å². The molecule has 2 amide bonds. The molecule has 6 nitrogen and oxygen atoms in total. The van der Waals surface area contributed by atoms with E-state index in [-0.39, 0.29) is 25.0 Å². The average molecular weight is 423 g/mol. The van der Waals surface area contributed by atoms with Gasteiger partial charge in [-0.2, -0.15) is 0 Å². The summed E-state index contributed by atoms with van der Waals surface area (Å²) < 4.78 is 10.6. The van der Waals surface area contributed by atoms with Gasteiger partial charge < -0.3 is 20.1 Å². The monoisotopic (exact) mass is 422 g/mol. The molecule has 1 atom stereocenters. The summed E-state index contributed by atoms with van der Waals surface area (Å²) in [5, 5.41) is 6.12. The van der Waals surface area contributed by atoms with Crippen molar-refractivity contribution >= 4 is 29.1 Å². The van der Waals surface area contributed by atoms with Gasteiger partial charge in [0.25, 0.3) is 5.91 Å². The number of ether oxygens (including phenoxy) is 2. The number of fused-ring (bicyclic) bond motifs is 1. The number of halogens is 1. The molecule has 0 aliphatic carbocycles. The van der Waals surface area contributed by atoms with E-state index in [4.69, 9.17) is 21.1 Å². The van der Waals surface area contributed by atoms with Gasteiger partial charge in [0.1, 0.15) is 0 Å². The zero-order chi connectivity index (χ0) is 20.9. The molecule has 0 spiro atoms. The van der Waals surface area contributed by atoms with Crippen molar-refractivity contribution in [1.29, 1.82) is 0 Å². The minimum absolute atomic E-state index is 0.0502. The number of rotatable bonds is 6. The predicted molar refractivity (Wildman–Crippen MR) is 114 cm³/mol. The van der Waals surface area contributed by atoms with Crippen LogP contribution in [0.15, 0.2) is 72.8 Å². The molecular formula is C23H19ClN2O4. The lowest BCUT2D eigenvalue weighted by Gasteiger charge is -2.19.